The molecule has 2 aliphatic carbocycles. The minimum Gasteiger partial charge on any atom is -0.504 e. The number of phenols is 1. The van der Waals surface area contributed by atoms with Crippen LogP contribution < -0.4 is 4.74 Å². The zero-order valence-electron chi connectivity index (χ0n) is 19.4. The fourth-order valence-corrected chi connectivity index (χ4v) is 8.06. The first-order valence-electron chi connectivity index (χ1n) is 11.8. The predicted octanol–water partition coefficient (Wildman–Crippen LogP) is 3.87. The molecule has 0 saturated carbocycles. The first kappa shape index (κ1) is 23.0. The van der Waals surface area contributed by atoms with Crippen LogP contribution in [0.1, 0.15) is 22.4 Å². The number of aliphatic hydroxyl groups is 1. The van der Waals surface area contributed by atoms with Gasteiger partial charge in [-0.25, -0.2) is 0 Å². The average molecular weight is 555 g/mol. The third-order valence-electron chi connectivity index (χ3n) is 8.26. The van der Waals surface area contributed by atoms with Crippen LogP contribution in [-0.4, -0.2) is 69.8 Å². The molecule has 4 aliphatic rings. The Balaban J connectivity index is 1.42. The van der Waals surface area contributed by atoms with E-state index in [2.05, 4.69) is 27.4 Å². The lowest BCUT2D eigenvalue weighted by Gasteiger charge is -2.62. The number of rotatable bonds is 5. The normalized spacial score (nSPS) is 32.4. The number of carbonyl (C=O) groups excluding carboxylic acids is 1. The Bertz CT molecular complexity index is 1290. The summed E-state index contributed by atoms with van der Waals surface area (Å²) < 4.78 is 7.48. The van der Waals surface area contributed by atoms with Crippen molar-refractivity contribution in [3.63, 3.8) is 0 Å². The Labute approximate surface area is 216 Å². The van der Waals surface area contributed by atoms with Gasteiger partial charge in [0.25, 0.3) is 0 Å². The van der Waals surface area contributed by atoms with Crippen molar-refractivity contribution < 1.29 is 19.7 Å². The van der Waals surface area contributed by atoms with E-state index in [1.54, 1.807) is 35.4 Å². The van der Waals surface area contributed by atoms with E-state index in [1.165, 1.54) is 0 Å². The summed E-state index contributed by atoms with van der Waals surface area (Å²) in [6.45, 7) is 5.38. The molecule has 2 aliphatic heterocycles. The molecule has 1 aromatic carbocycles. The molecule has 2 bridgehead atoms. The molecular formula is C27H27BrN2O4S. The number of thiophene rings is 1. The number of hydrogen-bond donors (Lipinski definition) is 2. The smallest absolute Gasteiger partial charge is 0.246 e. The maximum absolute atomic E-state index is 13.2. The molecule has 1 aromatic heterocycles. The van der Waals surface area contributed by atoms with E-state index in [4.69, 9.17) is 4.74 Å². The second-order valence-corrected chi connectivity index (χ2v) is 11.7. The second kappa shape index (κ2) is 8.06. The van der Waals surface area contributed by atoms with Crippen LogP contribution >= 0.6 is 27.3 Å². The van der Waals surface area contributed by atoms with E-state index in [1.807, 2.05) is 41.8 Å². The number of carbonyl (C=O) groups is 1. The van der Waals surface area contributed by atoms with Gasteiger partial charge in [-0.1, -0.05) is 24.3 Å². The molecule has 5 atom stereocenters. The van der Waals surface area contributed by atoms with Gasteiger partial charge < -0.3 is 19.8 Å². The predicted molar refractivity (Wildman–Crippen MR) is 140 cm³/mol. The van der Waals surface area contributed by atoms with Crippen LogP contribution in [0.2, 0.25) is 0 Å². The summed E-state index contributed by atoms with van der Waals surface area (Å²) in [5, 5.41) is 25.1. The fraction of sp³-hybridized carbons (Fsp3) is 0.370. The highest BCUT2D eigenvalue weighted by molar-refractivity contribution is 9.10. The molecule has 2 aromatic rings. The zero-order valence-corrected chi connectivity index (χ0v) is 21.8. The number of aromatic hydroxyl groups is 1. The molecule has 1 amide bonds. The van der Waals surface area contributed by atoms with Crippen molar-refractivity contribution in [3.05, 3.63) is 74.9 Å². The third kappa shape index (κ3) is 3.10. The van der Waals surface area contributed by atoms with Gasteiger partial charge in [-0.3, -0.25) is 9.69 Å². The number of phenolic OH excluding ortho intramolecular Hbond substituents is 1. The highest BCUT2D eigenvalue weighted by Crippen LogP contribution is 2.64. The van der Waals surface area contributed by atoms with E-state index in [-0.39, 0.29) is 17.7 Å². The van der Waals surface area contributed by atoms with Gasteiger partial charge in [0.05, 0.1) is 11.5 Å². The maximum Gasteiger partial charge on any atom is 0.246 e. The van der Waals surface area contributed by atoms with Crippen LogP contribution in [0.4, 0.5) is 0 Å². The van der Waals surface area contributed by atoms with E-state index < -0.39 is 23.2 Å². The number of piperidine rings is 1. The monoisotopic (exact) mass is 554 g/mol. The van der Waals surface area contributed by atoms with Gasteiger partial charge in [0.15, 0.2) is 11.5 Å². The number of ether oxygens (including phenoxy) is 1. The van der Waals surface area contributed by atoms with Gasteiger partial charge in [0, 0.05) is 52.5 Å². The standard InChI is InChI=1S/C27H27BrN2O4S/c1-3-11-30-12-10-26-23-16-4-6-20(31)24(23)34-25(26)19(8-9-27(26,33)21(30)13-16)29(2)22(32)7-5-18-14-17(28)15-35-18/h3-9,14-15,19,21,25,31,33H,1,10-13H2,2H3/b7-5+/t19-,21-,25+,26+,27-/m1/s1. The summed E-state index contributed by atoms with van der Waals surface area (Å²) >= 11 is 5.00. The van der Waals surface area contributed by atoms with E-state index in [9.17, 15) is 15.0 Å². The molecular weight excluding hydrogens is 528 g/mol. The van der Waals surface area contributed by atoms with E-state index >= 15 is 0 Å². The molecule has 3 heterocycles. The second-order valence-electron chi connectivity index (χ2n) is 9.84. The lowest BCUT2D eigenvalue weighted by Crippen LogP contribution is -2.76. The van der Waals surface area contributed by atoms with Crippen LogP contribution in [0, 0.1) is 0 Å². The number of amides is 1. The number of halogens is 1. The Hall–Kier alpha value is -2.39. The first-order valence-corrected chi connectivity index (χ1v) is 13.4. The number of hydrogen-bond acceptors (Lipinski definition) is 6. The molecule has 8 heteroatoms. The van der Waals surface area contributed by atoms with Crippen molar-refractivity contribution in [2.24, 2.45) is 0 Å². The number of benzene rings is 1. The van der Waals surface area contributed by atoms with Crippen LogP contribution in [0.25, 0.3) is 6.08 Å². The van der Waals surface area contributed by atoms with Crippen molar-refractivity contribution in [1.29, 1.82) is 0 Å². The molecule has 1 saturated heterocycles. The summed E-state index contributed by atoms with van der Waals surface area (Å²) in [7, 11) is 1.77. The molecule has 35 heavy (non-hydrogen) atoms. The summed E-state index contributed by atoms with van der Waals surface area (Å²) in [6, 6.07) is 5.06. The molecule has 1 spiro atoms. The van der Waals surface area contributed by atoms with Crippen LogP contribution in [0.15, 0.2) is 58.9 Å². The lowest BCUT2D eigenvalue weighted by atomic mass is 9.50. The molecule has 182 valence electrons. The summed E-state index contributed by atoms with van der Waals surface area (Å²) in [6.07, 6.45) is 9.88. The molecule has 0 radical (unpaired) electrons. The Kier molecular flexibility index (Phi) is 5.31. The van der Waals surface area contributed by atoms with E-state index in [0.29, 0.717) is 25.1 Å². The van der Waals surface area contributed by atoms with Crippen molar-refractivity contribution in [2.45, 2.75) is 42.0 Å². The fourth-order valence-electron chi connectivity index (χ4n) is 6.72. The minimum atomic E-state index is -1.18. The SMILES string of the molecule is C=CCN1CC[C@]23c4c5ccc(O)c4O[C@H]2[C@H](N(C)C(=O)/C=C/c2cc(Br)cs2)C=C[C@@]3(O)[C@H]1C5. The number of nitrogens with zero attached hydrogens (tertiary/aromatic N) is 2. The van der Waals surface area contributed by atoms with Crippen molar-refractivity contribution >= 4 is 39.2 Å². The zero-order chi connectivity index (χ0) is 24.5. The van der Waals surface area contributed by atoms with Gasteiger partial charge >= 0.3 is 0 Å². The maximum atomic E-state index is 13.2. The largest absolute Gasteiger partial charge is 0.504 e. The lowest BCUT2D eigenvalue weighted by molar-refractivity contribution is -0.152. The minimum absolute atomic E-state index is 0.0812. The van der Waals surface area contributed by atoms with Crippen molar-refractivity contribution in [3.8, 4) is 11.5 Å². The van der Waals surface area contributed by atoms with Gasteiger partial charge in [-0.15, -0.1) is 17.9 Å². The average Bonchev–Trinajstić information content (AvgIpc) is 3.41. The Morgan fingerprint density at radius 3 is 3.03 bits per heavy atom. The van der Waals surface area contributed by atoms with Gasteiger partial charge in [0.2, 0.25) is 5.91 Å². The van der Waals surface area contributed by atoms with Crippen LogP contribution in [0.5, 0.6) is 11.5 Å². The highest BCUT2D eigenvalue weighted by atomic mass is 79.9. The van der Waals surface area contributed by atoms with Gasteiger partial charge in [-0.05, 0) is 52.5 Å². The molecule has 6 nitrogen and oxygen atoms in total. The number of likely N-dealkylation sites (N-methyl/N-ethyl adjacent to an activating group) is 1. The Morgan fingerprint density at radius 2 is 2.29 bits per heavy atom. The molecule has 2 N–H and O–H groups in total. The summed E-state index contributed by atoms with van der Waals surface area (Å²) in [4.78, 5) is 18.2. The van der Waals surface area contributed by atoms with Crippen LogP contribution in [0.3, 0.4) is 0 Å². The molecule has 0 unspecified atom stereocenters. The first-order chi connectivity index (χ1) is 16.8. The number of likely N-dealkylation sites (tertiary alicyclic amines) is 1. The summed E-state index contributed by atoms with van der Waals surface area (Å²) in [5.74, 6) is 0.388. The molecule has 6 rings (SSSR count). The highest BCUT2D eigenvalue weighted by Gasteiger charge is 2.72. The van der Waals surface area contributed by atoms with Crippen LogP contribution in [-0.2, 0) is 16.6 Å². The quantitative estimate of drug-likeness (QED) is 0.433. The van der Waals surface area contributed by atoms with Crippen molar-refractivity contribution in [2.75, 3.05) is 20.1 Å². The van der Waals surface area contributed by atoms with Gasteiger partial charge in [0.1, 0.15) is 11.7 Å². The topological polar surface area (TPSA) is 73.2 Å². The Morgan fingerprint density at radius 1 is 1.46 bits per heavy atom. The van der Waals surface area contributed by atoms with E-state index in [0.717, 1.165) is 27.0 Å². The molecule has 1 fully saturated rings. The van der Waals surface area contributed by atoms with Crippen molar-refractivity contribution in [1.82, 2.24) is 9.80 Å². The van der Waals surface area contributed by atoms with Gasteiger partial charge in [-0.2, -0.15) is 0 Å². The third-order valence-corrected chi connectivity index (χ3v) is 9.92. The summed E-state index contributed by atoms with van der Waals surface area (Å²) in [5.41, 5.74) is 0.0844.